The van der Waals surface area contributed by atoms with Crippen LogP contribution < -0.4 is 16.4 Å². The van der Waals surface area contributed by atoms with E-state index in [1.54, 1.807) is 24.3 Å². The number of amides is 2. The summed E-state index contributed by atoms with van der Waals surface area (Å²) < 4.78 is 19.7. The van der Waals surface area contributed by atoms with Crippen LogP contribution in [0.4, 0.5) is 10.1 Å². The highest BCUT2D eigenvalue weighted by molar-refractivity contribution is 5.97. The molecule has 8 nitrogen and oxygen atoms in total. The van der Waals surface area contributed by atoms with E-state index in [-0.39, 0.29) is 29.6 Å². The van der Waals surface area contributed by atoms with Crippen molar-refractivity contribution in [2.24, 2.45) is 11.1 Å². The number of primary amides is 1. The molecule has 3 rings (SSSR count). The number of nitrogens with zero attached hydrogens (tertiary/aromatic N) is 1. The zero-order chi connectivity index (χ0) is 22.4. The molecule has 1 aliphatic rings. The third kappa shape index (κ3) is 4.82. The van der Waals surface area contributed by atoms with Gasteiger partial charge in [0.1, 0.15) is 11.1 Å². The van der Waals surface area contributed by atoms with Crippen molar-refractivity contribution < 1.29 is 23.8 Å². The Morgan fingerprint density at radius 2 is 2.26 bits per heavy atom. The van der Waals surface area contributed by atoms with Gasteiger partial charge in [0.25, 0.3) is 5.91 Å². The average molecular weight is 426 g/mol. The van der Waals surface area contributed by atoms with E-state index < -0.39 is 17.1 Å². The smallest absolute Gasteiger partial charge is 0.269 e. The van der Waals surface area contributed by atoms with Crippen LogP contribution in [0.5, 0.6) is 0 Å². The summed E-state index contributed by atoms with van der Waals surface area (Å²) >= 11 is 0. The minimum absolute atomic E-state index is 0.0507. The summed E-state index contributed by atoms with van der Waals surface area (Å²) in [5, 5.41) is 15.2. The Hall–Kier alpha value is -3.48. The number of halogens is 1. The quantitative estimate of drug-likeness (QED) is 0.385. The van der Waals surface area contributed by atoms with Crippen LogP contribution in [0, 0.1) is 23.1 Å². The van der Waals surface area contributed by atoms with Gasteiger partial charge in [-0.15, -0.1) is 0 Å². The van der Waals surface area contributed by atoms with E-state index in [1.807, 2.05) is 0 Å². The van der Waals surface area contributed by atoms with E-state index in [0.717, 1.165) is 0 Å². The molecule has 2 aromatic rings. The second-order valence-electron chi connectivity index (χ2n) is 7.08. The molecule has 1 saturated heterocycles. The lowest BCUT2D eigenvalue weighted by Gasteiger charge is -2.15. The van der Waals surface area contributed by atoms with Crippen LogP contribution in [0.15, 0.2) is 30.3 Å². The first-order chi connectivity index (χ1) is 14.9. The Morgan fingerprint density at radius 1 is 1.45 bits per heavy atom. The highest BCUT2D eigenvalue weighted by Crippen LogP contribution is 2.27. The predicted octanol–water partition coefficient (Wildman–Crippen LogP) is 0.895. The molecule has 1 fully saturated rings. The molecule has 0 bridgehead atoms. The molecule has 1 aromatic carbocycles. The SMILES string of the molecule is COCCNc1cc(F)c(-c2cccc(C#C[C@@]3(CO)CCNC3=O)c2)nc1C(N)=O. The normalized spacial score (nSPS) is 17.6. The van der Waals surface area contributed by atoms with Crippen molar-refractivity contribution in [2.75, 3.05) is 38.7 Å². The lowest BCUT2D eigenvalue weighted by molar-refractivity contribution is -0.126. The topological polar surface area (TPSA) is 127 Å². The summed E-state index contributed by atoms with van der Waals surface area (Å²) in [7, 11) is 1.52. The number of anilines is 1. The Kier molecular flexibility index (Phi) is 6.84. The number of hydrogen-bond acceptors (Lipinski definition) is 6. The zero-order valence-corrected chi connectivity index (χ0v) is 17.0. The van der Waals surface area contributed by atoms with E-state index in [9.17, 15) is 19.1 Å². The monoisotopic (exact) mass is 426 g/mol. The van der Waals surface area contributed by atoms with Crippen LogP contribution in [0.25, 0.3) is 11.3 Å². The Bertz CT molecular complexity index is 1060. The molecule has 1 aliphatic heterocycles. The predicted molar refractivity (Wildman–Crippen MR) is 113 cm³/mol. The van der Waals surface area contributed by atoms with Gasteiger partial charge in [0.2, 0.25) is 5.91 Å². The van der Waals surface area contributed by atoms with Crippen LogP contribution in [0.2, 0.25) is 0 Å². The van der Waals surface area contributed by atoms with Gasteiger partial charge in [-0.25, -0.2) is 9.37 Å². The third-order valence-corrected chi connectivity index (χ3v) is 4.96. The van der Waals surface area contributed by atoms with Crippen molar-refractivity contribution in [2.45, 2.75) is 6.42 Å². The number of rotatable bonds is 7. The number of aliphatic hydroxyl groups is 1. The lowest BCUT2D eigenvalue weighted by atomic mass is 9.88. The van der Waals surface area contributed by atoms with Crippen LogP contribution in [-0.4, -0.2) is 55.3 Å². The van der Waals surface area contributed by atoms with Crippen molar-refractivity contribution in [1.29, 1.82) is 0 Å². The van der Waals surface area contributed by atoms with Crippen LogP contribution >= 0.6 is 0 Å². The summed E-state index contributed by atoms with van der Waals surface area (Å²) in [6, 6.07) is 7.75. The molecule has 0 aliphatic carbocycles. The molecule has 0 saturated carbocycles. The fraction of sp³-hybridized carbons (Fsp3) is 0.318. The van der Waals surface area contributed by atoms with E-state index in [0.29, 0.717) is 37.2 Å². The van der Waals surface area contributed by atoms with Crippen LogP contribution in [0.3, 0.4) is 0 Å². The summed E-state index contributed by atoms with van der Waals surface area (Å²) in [5.74, 6) is 3.98. The zero-order valence-electron chi connectivity index (χ0n) is 17.0. The maximum atomic E-state index is 14.8. The van der Waals surface area contributed by atoms with Crippen molar-refractivity contribution in [3.05, 3.63) is 47.4 Å². The molecular formula is C22H23FN4O4. The maximum Gasteiger partial charge on any atom is 0.269 e. The number of nitrogens with two attached hydrogens (primary N) is 1. The van der Waals surface area contributed by atoms with Crippen molar-refractivity contribution >= 4 is 17.5 Å². The Labute approximate surface area is 179 Å². The fourth-order valence-corrected chi connectivity index (χ4v) is 3.22. The lowest BCUT2D eigenvalue weighted by Crippen LogP contribution is -2.33. The standard InChI is InChI=1S/C22H23FN4O4/c1-31-10-9-25-17-12-16(23)18(27-19(17)20(24)29)15-4-2-3-14(11-15)5-6-22(13-28)7-8-26-21(22)30/h2-4,11-12,25,28H,7-10,13H2,1H3,(H2,24,29)(H,26,30)/t22-/m0/s1. The number of nitrogens with one attached hydrogen (secondary N) is 2. The van der Waals surface area contributed by atoms with Gasteiger partial charge in [-0.1, -0.05) is 24.0 Å². The molecule has 0 unspecified atom stereocenters. The minimum Gasteiger partial charge on any atom is -0.394 e. The molecule has 0 spiro atoms. The first kappa shape index (κ1) is 22.2. The molecule has 9 heteroatoms. The number of methoxy groups -OCH3 is 1. The van der Waals surface area contributed by atoms with Gasteiger partial charge in [0, 0.05) is 37.4 Å². The van der Waals surface area contributed by atoms with Gasteiger partial charge in [-0.2, -0.15) is 0 Å². The molecule has 5 N–H and O–H groups in total. The molecule has 2 heterocycles. The van der Waals surface area contributed by atoms with Crippen LogP contribution in [-0.2, 0) is 9.53 Å². The van der Waals surface area contributed by atoms with E-state index in [4.69, 9.17) is 10.5 Å². The second kappa shape index (κ2) is 9.55. The van der Waals surface area contributed by atoms with E-state index >= 15 is 0 Å². The summed E-state index contributed by atoms with van der Waals surface area (Å²) in [5.41, 5.74) is 5.22. The molecule has 0 radical (unpaired) electrons. The highest BCUT2D eigenvalue weighted by Gasteiger charge is 2.40. The largest absolute Gasteiger partial charge is 0.394 e. The fourth-order valence-electron chi connectivity index (χ4n) is 3.22. The number of carbonyl (C=O) groups excluding carboxylic acids is 2. The first-order valence-electron chi connectivity index (χ1n) is 9.66. The van der Waals surface area contributed by atoms with Gasteiger partial charge in [-0.05, 0) is 18.6 Å². The van der Waals surface area contributed by atoms with E-state index in [1.165, 1.54) is 13.2 Å². The van der Waals surface area contributed by atoms with Gasteiger partial charge < -0.3 is 26.2 Å². The average Bonchev–Trinajstić information content (AvgIpc) is 3.13. The molecule has 2 amide bonds. The minimum atomic E-state index is -1.14. The van der Waals surface area contributed by atoms with Gasteiger partial charge in [0.05, 0.1) is 18.9 Å². The van der Waals surface area contributed by atoms with Crippen molar-refractivity contribution in [3.8, 4) is 23.1 Å². The number of carbonyl (C=O) groups is 2. The third-order valence-electron chi connectivity index (χ3n) is 4.96. The number of hydrogen-bond donors (Lipinski definition) is 4. The Balaban J connectivity index is 1.95. The molecule has 1 atom stereocenters. The number of aromatic nitrogens is 1. The number of benzene rings is 1. The first-order valence-corrected chi connectivity index (χ1v) is 9.66. The summed E-state index contributed by atoms with van der Waals surface area (Å²) in [6.07, 6.45) is 0.407. The summed E-state index contributed by atoms with van der Waals surface area (Å²) in [6.45, 7) is 0.767. The number of pyridine rings is 1. The second-order valence-corrected chi connectivity index (χ2v) is 7.08. The van der Waals surface area contributed by atoms with Crippen molar-refractivity contribution in [1.82, 2.24) is 10.3 Å². The molecular weight excluding hydrogens is 403 g/mol. The van der Waals surface area contributed by atoms with Gasteiger partial charge in [0.15, 0.2) is 11.5 Å². The maximum absolute atomic E-state index is 14.8. The highest BCUT2D eigenvalue weighted by atomic mass is 19.1. The Morgan fingerprint density at radius 3 is 2.90 bits per heavy atom. The molecule has 162 valence electrons. The number of aliphatic hydroxyl groups excluding tert-OH is 1. The molecule has 31 heavy (non-hydrogen) atoms. The van der Waals surface area contributed by atoms with Gasteiger partial charge in [-0.3, -0.25) is 9.59 Å². The number of ether oxygens (including phenoxy) is 1. The van der Waals surface area contributed by atoms with Crippen LogP contribution in [0.1, 0.15) is 22.5 Å². The summed E-state index contributed by atoms with van der Waals surface area (Å²) in [4.78, 5) is 28.0. The van der Waals surface area contributed by atoms with Gasteiger partial charge >= 0.3 is 0 Å². The van der Waals surface area contributed by atoms with Crippen molar-refractivity contribution in [3.63, 3.8) is 0 Å². The van der Waals surface area contributed by atoms with E-state index in [2.05, 4.69) is 27.5 Å². The molecule has 1 aromatic heterocycles.